The predicted octanol–water partition coefficient (Wildman–Crippen LogP) is 1.52. The number of nitrogens with zero attached hydrogens (tertiary/aromatic N) is 3. The average Bonchev–Trinajstić information content (AvgIpc) is 2.67. The average molecular weight is 352 g/mol. The Bertz CT molecular complexity index is 797. The van der Waals surface area contributed by atoms with Crippen LogP contribution in [0.25, 0.3) is 0 Å². The van der Waals surface area contributed by atoms with Crippen LogP contribution < -0.4 is 15.1 Å². The van der Waals surface area contributed by atoms with Crippen LogP contribution in [0.4, 0.5) is 5.69 Å². The van der Waals surface area contributed by atoms with Crippen LogP contribution in [0.5, 0.6) is 5.75 Å². The Labute approximate surface area is 152 Å². The smallest absolute Gasteiger partial charge is 0.277 e. The molecule has 0 bridgehead atoms. The standard InChI is InChI=1S/C19H20N4O3/c1-23(10-11-24)17-8-6-15(7-9-17)13-21-22-19(25)14-26-18-5-3-2-4-16(18)12-20/h2-9,13,24H,10-11,14H2,1H3,(H,22,25). The van der Waals surface area contributed by atoms with E-state index in [1.165, 1.54) is 6.21 Å². The summed E-state index contributed by atoms with van der Waals surface area (Å²) in [5.41, 5.74) is 4.54. The molecule has 0 saturated heterocycles. The molecule has 26 heavy (non-hydrogen) atoms. The number of nitrogens with one attached hydrogen (secondary N) is 1. The molecule has 2 N–H and O–H groups in total. The highest BCUT2D eigenvalue weighted by Gasteiger charge is 2.05. The third-order valence-electron chi connectivity index (χ3n) is 3.54. The minimum atomic E-state index is -0.423. The van der Waals surface area contributed by atoms with E-state index < -0.39 is 5.91 Å². The largest absolute Gasteiger partial charge is 0.482 e. The maximum absolute atomic E-state index is 11.8. The van der Waals surface area contributed by atoms with E-state index in [1.54, 1.807) is 24.3 Å². The van der Waals surface area contributed by atoms with Crippen LogP contribution in [-0.2, 0) is 4.79 Å². The maximum Gasteiger partial charge on any atom is 0.277 e. The number of likely N-dealkylation sites (N-methyl/N-ethyl adjacent to an activating group) is 1. The van der Waals surface area contributed by atoms with Crippen molar-refractivity contribution in [2.45, 2.75) is 0 Å². The zero-order chi connectivity index (χ0) is 18.8. The van der Waals surface area contributed by atoms with Crippen LogP contribution in [0.1, 0.15) is 11.1 Å². The molecule has 2 aromatic rings. The molecular formula is C19H20N4O3. The molecule has 0 atom stereocenters. The number of aliphatic hydroxyl groups is 1. The minimum Gasteiger partial charge on any atom is -0.482 e. The van der Waals surface area contributed by atoms with Gasteiger partial charge in [0.2, 0.25) is 0 Å². The number of benzene rings is 2. The van der Waals surface area contributed by atoms with Crippen molar-refractivity contribution < 1.29 is 14.6 Å². The number of hydrogen-bond donors (Lipinski definition) is 2. The van der Waals surface area contributed by atoms with Gasteiger partial charge in [0, 0.05) is 19.3 Å². The van der Waals surface area contributed by atoms with E-state index >= 15 is 0 Å². The summed E-state index contributed by atoms with van der Waals surface area (Å²) < 4.78 is 5.32. The fraction of sp³-hybridized carbons (Fsp3) is 0.211. The molecule has 0 aliphatic carbocycles. The molecular weight excluding hydrogens is 332 g/mol. The molecule has 0 radical (unpaired) electrons. The van der Waals surface area contributed by atoms with Crippen molar-refractivity contribution >= 4 is 17.8 Å². The van der Waals surface area contributed by atoms with Crippen molar-refractivity contribution in [3.05, 3.63) is 59.7 Å². The Balaban J connectivity index is 1.82. The summed E-state index contributed by atoms with van der Waals surface area (Å²) in [5.74, 6) is -0.0648. The first-order chi connectivity index (χ1) is 12.6. The number of hydrazone groups is 1. The lowest BCUT2D eigenvalue weighted by Gasteiger charge is -2.17. The first kappa shape index (κ1) is 19.0. The summed E-state index contributed by atoms with van der Waals surface area (Å²) in [6.07, 6.45) is 1.52. The number of hydrogen-bond acceptors (Lipinski definition) is 6. The summed E-state index contributed by atoms with van der Waals surface area (Å²) >= 11 is 0. The van der Waals surface area contributed by atoms with Crippen molar-refractivity contribution in [1.82, 2.24) is 5.43 Å². The van der Waals surface area contributed by atoms with Gasteiger partial charge in [-0.2, -0.15) is 10.4 Å². The Morgan fingerprint density at radius 1 is 1.31 bits per heavy atom. The second kappa shape index (κ2) is 9.81. The topological polar surface area (TPSA) is 98.0 Å². The van der Waals surface area contributed by atoms with Gasteiger partial charge in [0.15, 0.2) is 6.61 Å². The van der Waals surface area contributed by atoms with Gasteiger partial charge in [-0.1, -0.05) is 24.3 Å². The first-order valence-electron chi connectivity index (χ1n) is 8.00. The number of anilines is 1. The summed E-state index contributed by atoms with van der Waals surface area (Å²) in [5, 5.41) is 21.8. The van der Waals surface area contributed by atoms with E-state index in [9.17, 15) is 4.79 Å². The van der Waals surface area contributed by atoms with E-state index in [0.717, 1.165) is 11.3 Å². The van der Waals surface area contributed by atoms with Crippen LogP contribution >= 0.6 is 0 Å². The fourth-order valence-corrected chi connectivity index (χ4v) is 2.13. The highest BCUT2D eigenvalue weighted by atomic mass is 16.5. The third kappa shape index (κ3) is 5.61. The number of nitriles is 1. The number of amides is 1. The number of rotatable bonds is 8. The van der Waals surface area contributed by atoms with E-state index in [4.69, 9.17) is 15.1 Å². The Kier molecular flexibility index (Phi) is 7.16. The first-order valence-corrected chi connectivity index (χ1v) is 8.00. The summed E-state index contributed by atoms with van der Waals surface area (Å²) in [6.45, 7) is 0.409. The SMILES string of the molecule is CN(CCO)c1ccc(C=NNC(=O)COc2ccccc2C#N)cc1. The van der Waals surface area contributed by atoms with Crippen molar-refractivity contribution in [3.63, 3.8) is 0 Å². The molecule has 2 rings (SSSR count). The lowest BCUT2D eigenvalue weighted by atomic mass is 10.2. The van der Waals surface area contributed by atoms with Crippen LogP contribution in [0, 0.1) is 11.3 Å². The normalized spacial score (nSPS) is 10.3. The Morgan fingerprint density at radius 2 is 2.04 bits per heavy atom. The monoisotopic (exact) mass is 352 g/mol. The van der Waals surface area contributed by atoms with Crippen molar-refractivity contribution in [1.29, 1.82) is 5.26 Å². The third-order valence-corrected chi connectivity index (χ3v) is 3.54. The highest BCUT2D eigenvalue weighted by Crippen LogP contribution is 2.16. The van der Waals surface area contributed by atoms with E-state index in [-0.39, 0.29) is 13.2 Å². The quantitative estimate of drug-likeness (QED) is 0.554. The van der Waals surface area contributed by atoms with Gasteiger partial charge in [0.25, 0.3) is 5.91 Å². The number of carbonyl (C=O) groups is 1. The van der Waals surface area contributed by atoms with Gasteiger partial charge < -0.3 is 14.7 Å². The van der Waals surface area contributed by atoms with Gasteiger partial charge in [-0.15, -0.1) is 0 Å². The molecule has 0 heterocycles. The number of ether oxygens (including phenoxy) is 1. The fourth-order valence-electron chi connectivity index (χ4n) is 2.13. The molecule has 0 aliphatic rings. The van der Waals surface area contributed by atoms with Crippen LogP contribution in [0.2, 0.25) is 0 Å². The van der Waals surface area contributed by atoms with Gasteiger partial charge in [-0.25, -0.2) is 5.43 Å². The molecule has 0 saturated carbocycles. The van der Waals surface area contributed by atoms with Gasteiger partial charge in [-0.05, 0) is 29.8 Å². The zero-order valence-electron chi connectivity index (χ0n) is 14.4. The Morgan fingerprint density at radius 3 is 2.73 bits per heavy atom. The highest BCUT2D eigenvalue weighted by molar-refractivity contribution is 5.83. The van der Waals surface area contributed by atoms with E-state index in [1.807, 2.05) is 42.3 Å². The van der Waals surface area contributed by atoms with E-state index in [0.29, 0.717) is 17.9 Å². The molecule has 2 aromatic carbocycles. The molecule has 0 fully saturated rings. The van der Waals surface area contributed by atoms with E-state index in [2.05, 4.69) is 10.5 Å². The molecule has 1 amide bonds. The second-order valence-corrected chi connectivity index (χ2v) is 5.43. The molecule has 0 unspecified atom stereocenters. The zero-order valence-corrected chi connectivity index (χ0v) is 14.4. The summed E-state index contributed by atoms with van der Waals surface area (Å²) in [6, 6.07) is 16.2. The molecule has 7 heteroatoms. The summed E-state index contributed by atoms with van der Waals surface area (Å²) in [4.78, 5) is 13.7. The van der Waals surface area contributed by atoms with Crippen LogP contribution in [-0.4, -0.2) is 44.0 Å². The number of para-hydroxylation sites is 1. The Hall–Kier alpha value is -3.37. The molecule has 134 valence electrons. The van der Waals surface area contributed by atoms with Crippen LogP contribution in [0.3, 0.4) is 0 Å². The van der Waals surface area contributed by atoms with Crippen molar-refractivity contribution in [3.8, 4) is 11.8 Å². The predicted molar refractivity (Wildman–Crippen MR) is 99.2 cm³/mol. The molecule has 0 aromatic heterocycles. The number of aliphatic hydroxyl groups excluding tert-OH is 1. The van der Waals surface area contributed by atoms with Crippen LogP contribution in [0.15, 0.2) is 53.6 Å². The molecule has 0 aliphatic heterocycles. The minimum absolute atomic E-state index is 0.0899. The van der Waals surface area contributed by atoms with Gasteiger partial charge >= 0.3 is 0 Å². The van der Waals surface area contributed by atoms with Gasteiger partial charge in [0.05, 0.1) is 18.4 Å². The van der Waals surface area contributed by atoms with Gasteiger partial charge in [0.1, 0.15) is 11.8 Å². The lowest BCUT2D eigenvalue weighted by molar-refractivity contribution is -0.123. The molecule has 0 spiro atoms. The maximum atomic E-state index is 11.8. The second-order valence-electron chi connectivity index (χ2n) is 5.43. The van der Waals surface area contributed by atoms with Crippen molar-refractivity contribution in [2.75, 3.05) is 31.7 Å². The van der Waals surface area contributed by atoms with Crippen molar-refractivity contribution in [2.24, 2.45) is 5.10 Å². The lowest BCUT2D eigenvalue weighted by Crippen LogP contribution is -2.24. The number of carbonyl (C=O) groups excluding carboxylic acids is 1. The summed E-state index contributed by atoms with van der Waals surface area (Å²) in [7, 11) is 1.89. The molecule has 7 nitrogen and oxygen atoms in total. The van der Waals surface area contributed by atoms with Gasteiger partial charge in [-0.3, -0.25) is 4.79 Å².